The van der Waals surface area contributed by atoms with Crippen molar-refractivity contribution < 1.29 is 9.84 Å². The van der Waals surface area contributed by atoms with E-state index in [-0.39, 0.29) is 6.10 Å². The van der Waals surface area contributed by atoms with E-state index in [1.165, 1.54) is 0 Å². The molecule has 0 fully saturated rings. The summed E-state index contributed by atoms with van der Waals surface area (Å²) in [6.07, 6.45) is 0.0228. The maximum atomic E-state index is 9.79. The van der Waals surface area contributed by atoms with E-state index >= 15 is 0 Å². The molecule has 0 aromatic carbocycles. The van der Waals surface area contributed by atoms with E-state index in [0.717, 1.165) is 5.82 Å². The molecule has 1 aromatic rings. The van der Waals surface area contributed by atoms with Gasteiger partial charge in [-0.15, -0.1) is 0 Å². The van der Waals surface area contributed by atoms with E-state index in [9.17, 15) is 5.11 Å². The molecule has 0 saturated heterocycles. The van der Waals surface area contributed by atoms with Crippen LogP contribution >= 0.6 is 0 Å². The van der Waals surface area contributed by atoms with Crippen LogP contribution in [0, 0.1) is 0 Å². The lowest BCUT2D eigenvalue weighted by Crippen LogP contribution is -2.36. The minimum atomic E-state index is -0.781. The van der Waals surface area contributed by atoms with Gasteiger partial charge in [-0.2, -0.15) is 4.98 Å². The Morgan fingerprint density at radius 3 is 2.56 bits per heavy atom. The molecule has 1 rings (SSSR count). The topological polar surface area (TPSA) is 71.6 Å². The van der Waals surface area contributed by atoms with E-state index in [4.69, 9.17) is 10.5 Å². The van der Waals surface area contributed by atoms with E-state index in [1.54, 1.807) is 19.9 Å². The van der Waals surface area contributed by atoms with Gasteiger partial charge in [0.15, 0.2) is 0 Å². The number of nitrogens with zero attached hydrogens (tertiary/aromatic N) is 2. The molecule has 0 aliphatic carbocycles. The Kier molecular flexibility index (Phi) is 4.40. The second kappa shape index (κ2) is 5.44. The summed E-state index contributed by atoms with van der Waals surface area (Å²) in [6.45, 7) is 7.84. The molecule has 1 aromatic heterocycles. The fourth-order valence-electron chi connectivity index (χ4n) is 1.63. The van der Waals surface area contributed by atoms with Gasteiger partial charge in [-0.05, 0) is 39.8 Å². The van der Waals surface area contributed by atoms with Gasteiger partial charge in [0.1, 0.15) is 5.82 Å². The zero-order valence-corrected chi connectivity index (χ0v) is 11.8. The van der Waals surface area contributed by atoms with Gasteiger partial charge in [0.05, 0.1) is 17.4 Å². The van der Waals surface area contributed by atoms with Crippen LogP contribution in [-0.4, -0.2) is 35.4 Å². The molecule has 1 heterocycles. The number of nitrogen functional groups attached to an aromatic ring is 1. The second-order valence-corrected chi connectivity index (χ2v) is 5.40. The number of likely N-dealkylation sites (N-methyl/N-ethyl adjacent to an activating group) is 1. The number of hydrogen-bond donors (Lipinski definition) is 2. The first kappa shape index (κ1) is 14.6. The number of ether oxygens (including phenoxy) is 1. The fourth-order valence-corrected chi connectivity index (χ4v) is 1.63. The summed E-state index contributed by atoms with van der Waals surface area (Å²) in [7, 11) is 1.87. The summed E-state index contributed by atoms with van der Waals surface area (Å²) in [4.78, 5) is 6.23. The summed E-state index contributed by atoms with van der Waals surface area (Å²) in [5.74, 6) is 1.16. The summed E-state index contributed by atoms with van der Waals surface area (Å²) in [5, 5.41) is 9.79. The van der Waals surface area contributed by atoms with Gasteiger partial charge in [-0.25, -0.2) is 0 Å². The monoisotopic (exact) mass is 253 g/mol. The van der Waals surface area contributed by atoms with Crippen molar-refractivity contribution in [3.05, 3.63) is 12.1 Å². The Morgan fingerprint density at radius 1 is 1.44 bits per heavy atom. The van der Waals surface area contributed by atoms with Gasteiger partial charge < -0.3 is 20.5 Å². The fraction of sp³-hybridized carbons (Fsp3) is 0.615. The minimum Gasteiger partial charge on any atom is -0.473 e. The molecule has 0 unspecified atom stereocenters. The van der Waals surface area contributed by atoms with Gasteiger partial charge in [0.2, 0.25) is 5.88 Å². The molecule has 0 radical (unpaired) electrons. The Morgan fingerprint density at radius 2 is 2.06 bits per heavy atom. The Hall–Kier alpha value is -1.49. The number of aromatic nitrogens is 1. The van der Waals surface area contributed by atoms with E-state index in [1.807, 2.05) is 31.9 Å². The van der Waals surface area contributed by atoms with Crippen LogP contribution in [0.25, 0.3) is 0 Å². The number of nitrogens with two attached hydrogens (primary N) is 1. The zero-order chi connectivity index (χ0) is 13.9. The number of pyridine rings is 1. The van der Waals surface area contributed by atoms with Crippen LogP contribution in [0.3, 0.4) is 0 Å². The largest absolute Gasteiger partial charge is 0.473 e. The molecule has 3 N–H and O–H groups in total. The molecule has 5 nitrogen and oxygen atoms in total. The van der Waals surface area contributed by atoms with Crippen molar-refractivity contribution in [2.75, 3.05) is 24.2 Å². The predicted molar refractivity (Wildman–Crippen MR) is 74.0 cm³/mol. The quantitative estimate of drug-likeness (QED) is 0.835. The second-order valence-electron chi connectivity index (χ2n) is 5.40. The van der Waals surface area contributed by atoms with Crippen LogP contribution in [0.2, 0.25) is 0 Å². The average molecular weight is 253 g/mol. The average Bonchev–Trinajstić information content (AvgIpc) is 2.17. The first-order valence-electron chi connectivity index (χ1n) is 6.06. The standard InChI is InChI=1S/C13H23N3O2/c1-9(2)18-12-10(14)6-7-11(15-12)16(5)8-13(3,4)17/h6-7,9,17H,8,14H2,1-5H3. The van der Waals surface area contributed by atoms with Gasteiger partial charge in [-0.1, -0.05) is 0 Å². The van der Waals surface area contributed by atoms with Crippen molar-refractivity contribution >= 4 is 11.5 Å². The molecule has 18 heavy (non-hydrogen) atoms. The molecular formula is C13H23N3O2. The zero-order valence-electron chi connectivity index (χ0n) is 11.8. The lowest BCUT2D eigenvalue weighted by Gasteiger charge is -2.26. The van der Waals surface area contributed by atoms with E-state index < -0.39 is 5.60 Å². The van der Waals surface area contributed by atoms with Crippen LogP contribution < -0.4 is 15.4 Å². The summed E-state index contributed by atoms with van der Waals surface area (Å²) < 4.78 is 5.54. The Labute approximate surface area is 109 Å². The minimum absolute atomic E-state index is 0.0228. The predicted octanol–water partition coefficient (Wildman–Crippen LogP) is 1.66. The molecule has 102 valence electrons. The normalized spacial score (nSPS) is 11.7. The maximum Gasteiger partial charge on any atom is 0.239 e. The Balaban J connectivity index is 2.90. The van der Waals surface area contributed by atoms with Crippen molar-refractivity contribution in [2.24, 2.45) is 0 Å². The molecule has 0 saturated carbocycles. The molecule has 0 aliphatic heterocycles. The van der Waals surface area contributed by atoms with Gasteiger partial charge in [0.25, 0.3) is 0 Å². The maximum absolute atomic E-state index is 9.79. The summed E-state index contributed by atoms with van der Waals surface area (Å²) in [6, 6.07) is 3.58. The Bertz CT molecular complexity index is 400. The number of rotatable bonds is 5. The lowest BCUT2D eigenvalue weighted by molar-refractivity contribution is 0.0884. The van der Waals surface area contributed by atoms with Crippen LogP contribution in [-0.2, 0) is 0 Å². The van der Waals surface area contributed by atoms with Gasteiger partial charge in [0, 0.05) is 13.6 Å². The highest BCUT2D eigenvalue weighted by molar-refractivity contribution is 5.54. The van der Waals surface area contributed by atoms with Crippen molar-refractivity contribution in [1.82, 2.24) is 4.98 Å². The molecule has 0 amide bonds. The van der Waals surface area contributed by atoms with E-state index in [0.29, 0.717) is 18.1 Å². The van der Waals surface area contributed by atoms with Crippen LogP contribution in [0.5, 0.6) is 5.88 Å². The third-order valence-electron chi connectivity index (χ3n) is 2.24. The van der Waals surface area contributed by atoms with Gasteiger partial charge >= 0.3 is 0 Å². The first-order valence-corrected chi connectivity index (χ1v) is 6.06. The molecular weight excluding hydrogens is 230 g/mol. The van der Waals surface area contributed by atoms with Crippen LogP contribution in [0.15, 0.2) is 12.1 Å². The number of hydrogen-bond acceptors (Lipinski definition) is 5. The number of anilines is 2. The summed E-state index contributed by atoms with van der Waals surface area (Å²) >= 11 is 0. The van der Waals surface area contributed by atoms with Crippen molar-refractivity contribution in [3.63, 3.8) is 0 Å². The van der Waals surface area contributed by atoms with E-state index in [2.05, 4.69) is 4.98 Å². The van der Waals surface area contributed by atoms with Crippen LogP contribution in [0.1, 0.15) is 27.7 Å². The molecule has 0 spiro atoms. The highest BCUT2D eigenvalue weighted by atomic mass is 16.5. The van der Waals surface area contributed by atoms with Crippen molar-refractivity contribution in [2.45, 2.75) is 39.4 Å². The lowest BCUT2D eigenvalue weighted by atomic mass is 10.1. The number of aliphatic hydroxyl groups is 1. The third kappa shape index (κ3) is 4.41. The summed E-state index contributed by atoms with van der Waals surface area (Å²) in [5.41, 5.74) is 5.55. The third-order valence-corrected chi connectivity index (χ3v) is 2.24. The molecule has 0 bridgehead atoms. The highest BCUT2D eigenvalue weighted by Crippen LogP contribution is 2.24. The van der Waals surface area contributed by atoms with Gasteiger partial charge in [-0.3, -0.25) is 0 Å². The smallest absolute Gasteiger partial charge is 0.239 e. The first-order chi connectivity index (χ1) is 8.19. The molecule has 0 atom stereocenters. The molecule has 0 aliphatic rings. The van der Waals surface area contributed by atoms with Crippen molar-refractivity contribution in [1.29, 1.82) is 0 Å². The van der Waals surface area contributed by atoms with Crippen molar-refractivity contribution in [3.8, 4) is 5.88 Å². The highest BCUT2D eigenvalue weighted by Gasteiger charge is 2.17. The molecule has 5 heteroatoms. The van der Waals surface area contributed by atoms with Crippen LogP contribution in [0.4, 0.5) is 11.5 Å². The SMILES string of the molecule is CC(C)Oc1nc(N(C)CC(C)(C)O)ccc1N.